The maximum atomic E-state index is 13.0. The number of carbonyl (C=O) groups is 1. The second-order valence-corrected chi connectivity index (χ2v) is 6.97. The van der Waals surface area contributed by atoms with E-state index in [4.69, 9.17) is 5.73 Å². The summed E-state index contributed by atoms with van der Waals surface area (Å²) in [6.07, 6.45) is 1.61. The van der Waals surface area contributed by atoms with Crippen LogP contribution < -0.4 is 5.73 Å². The van der Waals surface area contributed by atoms with Crippen LogP contribution >= 0.6 is 0 Å². The molecule has 0 radical (unpaired) electrons. The van der Waals surface area contributed by atoms with Crippen LogP contribution in [0.5, 0.6) is 0 Å². The summed E-state index contributed by atoms with van der Waals surface area (Å²) in [4.78, 5) is 14.5. The van der Waals surface area contributed by atoms with E-state index in [-0.39, 0.29) is 30.2 Å². The van der Waals surface area contributed by atoms with E-state index < -0.39 is 6.10 Å². The topological polar surface area (TPSA) is 66.6 Å². The Balaban J connectivity index is 2.05. The number of benzene rings is 1. The minimum absolute atomic E-state index is 0.0378. The highest BCUT2D eigenvalue weighted by molar-refractivity contribution is 5.79. The molecule has 1 aromatic rings. The lowest BCUT2D eigenvalue weighted by Gasteiger charge is -2.29. The van der Waals surface area contributed by atoms with Crippen molar-refractivity contribution < 1.29 is 14.3 Å². The Hall–Kier alpha value is -1.46. The number of aliphatic hydroxyl groups excluding tert-OH is 1. The molecule has 3 N–H and O–H groups in total. The third-order valence-corrected chi connectivity index (χ3v) is 4.37. The number of hydrogen-bond donors (Lipinski definition) is 2. The second-order valence-electron chi connectivity index (χ2n) is 6.97. The van der Waals surface area contributed by atoms with Crippen LogP contribution in [0.1, 0.15) is 44.8 Å². The highest BCUT2D eigenvalue weighted by atomic mass is 19.1. The first-order valence-electron chi connectivity index (χ1n) is 8.34. The Labute approximate surface area is 137 Å². The molecule has 4 nitrogen and oxygen atoms in total. The van der Waals surface area contributed by atoms with Gasteiger partial charge in [-0.1, -0.05) is 26.0 Å². The minimum Gasteiger partial charge on any atom is -0.387 e. The van der Waals surface area contributed by atoms with Crippen molar-refractivity contribution in [2.45, 2.75) is 45.3 Å². The molecule has 1 aliphatic rings. The molecule has 0 saturated heterocycles. The van der Waals surface area contributed by atoms with E-state index in [0.29, 0.717) is 18.0 Å². The summed E-state index contributed by atoms with van der Waals surface area (Å²) in [5, 5.41) is 10.4. The molecular formula is C18H27FN2O2. The fraction of sp³-hybridized carbons (Fsp3) is 0.611. The largest absolute Gasteiger partial charge is 0.387 e. The van der Waals surface area contributed by atoms with E-state index >= 15 is 0 Å². The molecule has 1 aliphatic carbocycles. The van der Waals surface area contributed by atoms with Gasteiger partial charge in [-0.25, -0.2) is 4.39 Å². The Bertz CT molecular complexity index is 518. The van der Waals surface area contributed by atoms with Crippen molar-refractivity contribution in [2.75, 3.05) is 13.1 Å². The van der Waals surface area contributed by atoms with E-state index in [2.05, 4.69) is 0 Å². The van der Waals surface area contributed by atoms with Gasteiger partial charge in [0, 0.05) is 18.5 Å². The van der Waals surface area contributed by atoms with Gasteiger partial charge in [0.25, 0.3) is 0 Å². The van der Waals surface area contributed by atoms with E-state index in [1.54, 1.807) is 17.0 Å². The lowest BCUT2D eigenvalue weighted by Crippen LogP contribution is -2.40. The molecule has 0 heterocycles. The monoisotopic (exact) mass is 322 g/mol. The number of nitrogens with zero attached hydrogens (tertiary/aromatic N) is 1. The van der Waals surface area contributed by atoms with Gasteiger partial charge < -0.3 is 15.7 Å². The molecule has 0 spiro atoms. The van der Waals surface area contributed by atoms with Crippen molar-refractivity contribution in [3.63, 3.8) is 0 Å². The predicted molar refractivity (Wildman–Crippen MR) is 88.1 cm³/mol. The smallest absolute Gasteiger partial charge is 0.225 e. The SMILES string of the molecule is CC(C)CN(CC(O)c1ccc(F)cc1)C(=O)C1CCC(N)C1. The zero-order valence-corrected chi connectivity index (χ0v) is 13.9. The standard InChI is InChI=1S/C18H27FN2O2/c1-12(2)10-21(18(23)14-5-8-16(20)9-14)11-17(22)13-3-6-15(19)7-4-13/h3-4,6-7,12,14,16-17,22H,5,8-11,20H2,1-2H3. The Morgan fingerprint density at radius 3 is 2.48 bits per heavy atom. The van der Waals surface area contributed by atoms with Gasteiger partial charge in [-0.05, 0) is 42.9 Å². The molecule has 0 bridgehead atoms. The quantitative estimate of drug-likeness (QED) is 0.845. The highest BCUT2D eigenvalue weighted by Crippen LogP contribution is 2.27. The summed E-state index contributed by atoms with van der Waals surface area (Å²) >= 11 is 0. The lowest BCUT2D eigenvalue weighted by atomic mass is 10.0. The molecule has 128 valence electrons. The van der Waals surface area contributed by atoms with Gasteiger partial charge in [0.2, 0.25) is 5.91 Å². The van der Waals surface area contributed by atoms with Crippen LogP contribution in [0, 0.1) is 17.7 Å². The first-order valence-corrected chi connectivity index (χ1v) is 8.34. The third-order valence-electron chi connectivity index (χ3n) is 4.37. The normalized spacial score (nSPS) is 22.3. The summed E-state index contributed by atoms with van der Waals surface area (Å²) < 4.78 is 13.0. The summed E-state index contributed by atoms with van der Waals surface area (Å²) in [5.74, 6) is 0.0161. The van der Waals surface area contributed by atoms with Gasteiger partial charge in [-0.3, -0.25) is 4.79 Å². The summed E-state index contributed by atoms with van der Waals surface area (Å²) in [6.45, 7) is 4.92. The van der Waals surface area contributed by atoms with Crippen molar-refractivity contribution in [3.8, 4) is 0 Å². The molecule has 23 heavy (non-hydrogen) atoms. The Kier molecular flexibility index (Phi) is 6.13. The second kappa shape index (κ2) is 7.88. The first-order chi connectivity index (χ1) is 10.9. The number of nitrogens with two attached hydrogens (primary N) is 1. The van der Waals surface area contributed by atoms with Gasteiger partial charge in [-0.2, -0.15) is 0 Å². The van der Waals surface area contributed by atoms with Crippen molar-refractivity contribution in [3.05, 3.63) is 35.6 Å². The number of hydrogen-bond acceptors (Lipinski definition) is 3. The number of carbonyl (C=O) groups excluding carboxylic acids is 1. The number of amides is 1. The molecule has 1 aromatic carbocycles. The molecule has 5 heteroatoms. The van der Waals surface area contributed by atoms with E-state index in [1.807, 2.05) is 13.8 Å². The molecule has 1 amide bonds. The van der Waals surface area contributed by atoms with Crippen LogP contribution in [-0.4, -0.2) is 35.0 Å². The van der Waals surface area contributed by atoms with Crippen LogP contribution in [0.3, 0.4) is 0 Å². The van der Waals surface area contributed by atoms with Crippen LogP contribution in [0.15, 0.2) is 24.3 Å². The maximum Gasteiger partial charge on any atom is 0.225 e. The van der Waals surface area contributed by atoms with Crippen molar-refractivity contribution in [1.29, 1.82) is 0 Å². The molecule has 1 saturated carbocycles. The molecule has 0 aromatic heterocycles. The number of rotatable bonds is 6. The maximum absolute atomic E-state index is 13.0. The Morgan fingerprint density at radius 1 is 1.30 bits per heavy atom. The number of aliphatic hydroxyl groups is 1. The highest BCUT2D eigenvalue weighted by Gasteiger charge is 2.32. The van der Waals surface area contributed by atoms with Gasteiger partial charge in [-0.15, -0.1) is 0 Å². The molecule has 3 unspecified atom stereocenters. The summed E-state index contributed by atoms with van der Waals surface area (Å²) in [5.41, 5.74) is 6.54. The van der Waals surface area contributed by atoms with Gasteiger partial charge >= 0.3 is 0 Å². The van der Waals surface area contributed by atoms with Crippen molar-refractivity contribution in [2.24, 2.45) is 17.6 Å². The predicted octanol–water partition coefficient (Wildman–Crippen LogP) is 2.47. The zero-order valence-electron chi connectivity index (χ0n) is 13.9. The van der Waals surface area contributed by atoms with E-state index in [1.165, 1.54) is 12.1 Å². The summed E-state index contributed by atoms with van der Waals surface area (Å²) in [7, 11) is 0. The fourth-order valence-corrected chi connectivity index (χ4v) is 3.19. The third kappa shape index (κ3) is 5.01. The van der Waals surface area contributed by atoms with Crippen LogP contribution in [0.4, 0.5) is 4.39 Å². The fourth-order valence-electron chi connectivity index (χ4n) is 3.19. The molecule has 2 rings (SSSR count). The summed E-state index contributed by atoms with van der Waals surface area (Å²) in [6, 6.07) is 5.87. The van der Waals surface area contributed by atoms with Gasteiger partial charge in [0.05, 0.1) is 12.6 Å². The lowest BCUT2D eigenvalue weighted by molar-refractivity contribution is -0.137. The first kappa shape index (κ1) is 17.9. The van der Waals surface area contributed by atoms with Crippen molar-refractivity contribution in [1.82, 2.24) is 4.90 Å². The zero-order chi connectivity index (χ0) is 17.0. The molecular weight excluding hydrogens is 295 g/mol. The van der Waals surface area contributed by atoms with Crippen LogP contribution in [0.25, 0.3) is 0 Å². The average Bonchev–Trinajstić information content (AvgIpc) is 2.92. The molecule has 3 atom stereocenters. The minimum atomic E-state index is -0.812. The van der Waals surface area contributed by atoms with Crippen LogP contribution in [0.2, 0.25) is 0 Å². The average molecular weight is 322 g/mol. The van der Waals surface area contributed by atoms with E-state index in [9.17, 15) is 14.3 Å². The Morgan fingerprint density at radius 2 is 1.96 bits per heavy atom. The number of halogens is 1. The molecule has 1 fully saturated rings. The van der Waals surface area contributed by atoms with Crippen LogP contribution in [-0.2, 0) is 4.79 Å². The van der Waals surface area contributed by atoms with Gasteiger partial charge in [0.1, 0.15) is 5.82 Å². The van der Waals surface area contributed by atoms with E-state index in [0.717, 1.165) is 19.3 Å². The van der Waals surface area contributed by atoms with Crippen molar-refractivity contribution >= 4 is 5.91 Å². The molecule has 0 aliphatic heterocycles. The van der Waals surface area contributed by atoms with Gasteiger partial charge in [0.15, 0.2) is 0 Å².